The Hall–Kier alpha value is -0.120. The van der Waals surface area contributed by atoms with Crippen molar-refractivity contribution < 1.29 is 4.74 Å². The third-order valence-corrected chi connectivity index (χ3v) is 3.49. The molecule has 1 aliphatic rings. The molecule has 2 unspecified atom stereocenters. The summed E-state index contributed by atoms with van der Waals surface area (Å²) in [5.74, 6) is 0. The Morgan fingerprint density at radius 2 is 2.00 bits per heavy atom. The van der Waals surface area contributed by atoms with Gasteiger partial charge in [0, 0.05) is 25.7 Å². The molecule has 0 spiro atoms. The molecular weight excluding hydrogens is 188 g/mol. The van der Waals surface area contributed by atoms with E-state index in [1.165, 1.54) is 32.1 Å². The molecule has 3 heteroatoms. The summed E-state index contributed by atoms with van der Waals surface area (Å²) >= 11 is 0. The Labute approximate surface area is 94.0 Å². The molecule has 90 valence electrons. The number of methoxy groups -OCH3 is 1. The first kappa shape index (κ1) is 12.9. The standard InChI is InChI=1S/C12H26N2O/c1-3-14(9-10-15-2)12-8-6-4-5-7-11(12)13/h11-12H,3-10,13H2,1-2H3. The first-order chi connectivity index (χ1) is 7.29. The Kier molecular flexibility index (Phi) is 6.22. The van der Waals surface area contributed by atoms with Gasteiger partial charge in [0.2, 0.25) is 0 Å². The molecule has 0 radical (unpaired) electrons. The van der Waals surface area contributed by atoms with Crippen LogP contribution in [0.25, 0.3) is 0 Å². The van der Waals surface area contributed by atoms with Crippen molar-refractivity contribution in [1.82, 2.24) is 4.90 Å². The summed E-state index contributed by atoms with van der Waals surface area (Å²) in [6.07, 6.45) is 6.44. The molecule has 0 aliphatic heterocycles. The van der Waals surface area contributed by atoms with Crippen LogP contribution in [0.1, 0.15) is 39.0 Å². The van der Waals surface area contributed by atoms with Gasteiger partial charge in [-0.05, 0) is 19.4 Å². The lowest BCUT2D eigenvalue weighted by Gasteiger charge is -2.33. The van der Waals surface area contributed by atoms with Crippen LogP contribution in [-0.4, -0.2) is 43.8 Å². The SMILES string of the molecule is CCN(CCOC)C1CCCCCC1N. The van der Waals surface area contributed by atoms with E-state index in [9.17, 15) is 0 Å². The van der Waals surface area contributed by atoms with Gasteiger partial charge in [0.05, 0.1) is 6.61 Å². The zero-order chi connectivity index (χ0) is 11.1. The lowest BCUT2D eigenvalue weighted by atomic mass is 10.0. The van der Waals surface area contributed by atoms with Gasteiger partial charge in [0.15, 0.2) is 0 Å². The number of nitrogens with two attached hydrogens (primary N) is 1. The molecule has 0 amide bonds. The van der Waals surface area contributed by atoms with Crippen LogP contribution in [0, 0.1) is 0 Å². The van der Waals surface area contributed by atoms with Crippen LogP contribution in [0.2, 0.25) is 0 Å². The third-order valence-electron chi connectivity index (χ3n) is 3.49. The van der Waals surface area contributed by atoms with Gasteiger partial charge in [-0.25, -0.2) is 0 Å². The molecule has 1 aliphatic carbocycles. The monoisotopic (exact) mass is 214 g/mol. The number of hydrogen-bond acceptors (Lipinski definition) is 3. The molecular formula is C12H26N2O. The van der Waals surface area contributed by atoms with Gasteiger partial charge in [0.25, 0.3) is 0 Å². The highest BCUT2D eigenvalue weighted by Gasteiger charge is 2.24. The van der Waals surface area contributed by atoms with E-state index in [2.05, 4.69) is 11.8 Å². The molecule has 1 rings (SSSR count). The minimum Gasteiger partial charge on any atom is -0.383 e. The maximum absolute atomic E-state index is 6.24. The lowest BCUT2D eigenvalue weighted by molar-refractivity contribution is 0.109. The third kappa shape index (κ3) is 4.09. The van der Waals surface area contributed by atoms with E-state index < -0.39 is 0 Å². The molecule has 3 nitrogen and oxygen atoms in total. The first-order valence-corrected chi connectivity index (χ1v) is 6.28. The van der Waals surface area contributed by atoms with Gasteiger partial charge in [-0.3, -0.25) is 4.90 Å². The zero-order valence-corrected chi connectivity index (χ0v) is 10.2. The van der Waals surface area contributed by atoms with E-state index in [1.54, 1.807) is 7.11 Å². The maximum Gasteiger partial charge on any atom is 0.0589 e. The largest absolute Gasteiger partial charge is 0.383 e. The van der Waals surface area contributed by atoms with E-state index in [0.717, 1.165) is 19.7 Å². The average molecular weight is 214 g/mol. The Balaban J connectivity index is 2.47. The van der Waals surface area contributed by atoms with Crippen molar-refractivity contribution in [2.24, 2.45) is 5.73 Å². The van der Waals surface area contributed by atoms with Gasteiger partial charge in [-0.15, -0.1) is 0 Å². The second-order valence-corrected chi connectivity index (χ2v) is 4.49. The van der Waals surface area contributed by atoms with Gasteiger partial charge < -0.3 is 10.5 Å². The number of ether oxygens (including phenoxy) is 1. The normalized spacial score (nSPS) is 28.0. The molecule has 0 heterocycles. The van der Waals surface area contributed by atoms with E-state index in [1.807, 2.05) is 0 Å². The summed E-state index contributed by atoms with van der Waals surface area (Å²) in [7, 11) is 1.76. The number of likely N-dealkylation sites (N-methyl/N-ethyl adjacent to an activating group) is 1. The predicted octanol–water partition coefficient (Wildman–Crippen LogP) is 1.61. The minimum absolute atomic E-state index is 0.365. The van der Waals surface area contributed by atoms with E-state index in [-0.39, 0.29) is 0 Å². The van der Waals surface area contributed by atoms with E-state index >= 15 is 0 Å². The fourth-order valence-corrected chi connectivity index (χ4v) is 2.54. The fourth-order valence-electron chi connectivity index (χ4n) is 2.54. The van der Waals surface area contributed by atoms with Crippen LogP contribution in [0.3, 0.4) is 0 Å². The van der Waals surface area contributed by atoms with Crippen LogP contribution in [0.5, 0.6) is 0 Å². The van der Waals surface area contributed by atoms with Crippen LogP contribution in [0.4, 0.5) is 0 Å². The lowest BCUT2D eigenvalue weighted by Crippen LogP contribution is -2.48. The molecule has 0 saturated heterocycles. The number of rotatable bonds is 5. The Bertz CT molecular complexity index is 164. The summed E-state index contributed by atoms with van der Waals surface area (Å²) in [5, 5.41) is 0. The molecule has 0 aromatic heterocycles. The van der Waals surface area contributed by atoms with E-state index in [0.29, 0.717) is 12.1 Å². The molecule has 1 saturated carbocycles. The highest BCUT2D eigenvalue weighted by molar-refractivity contribution is 4.84. The summed E-state index contributed by atoms with van der Waals surface area (Å²) in [6, 6.07) is 0.942. The quantitative estimate of drug-likeness (QED) is 0.707. The van der Waals surface area contributed by atoms with Crippen molar-refractivity contribution in [3.05, 3.63) is 0 Å². The van der Waals surface area contributed by atoms with Crippen LogP contribution >= 0.6 is 0 Å². The van der Waals surface area contributed by atoms with E-state index in [4.69, 9.17) is 10.5 Å². The van der Waals surface area contributed by atoms with Crippen molar-refractivity contribution in [2.75, 3.05) is 26.8 Å². The highest BCUT2D eigenvalue weighted by Crippen LogP contribution is 2.21. The molecule has 15 heavy (non-hydrogen) atoms. The number of nitrogens with zero attached hydrogens (tertiary/aromatic N) is 1. The van der Waals surface area contributed by atoms with Crippen molar-refractivity contribution in [2.45, 2.75) is 51.1 Å². The van der Waals surface area contributed by atoms with Gasteiger partial charge >= 0.3 is 0 Å². The summed E-state index contributed by atoms with van der Waals surface area (Å²) in [5.41, 5.74) is 6.24. The number of hydrogen-bond donors (Lipinski definition) is 1. The van der Waals surface area contributed by atoms with Gasteiger partial charge in [0.1, 0.15) is 0 Å². The van der Waals surface area contributed by atoms with Crippen molar-refractivity contribution in [1.29, 1.82) is 0 Å². The van der Waals surface area contributed by atoms with Crippen LogP contribution in [0.15, 0.2) is 0 Å². The topological polar surface area (TPSA) is 38.5 Å². The fraction of sp³-hybridized carbons (Fsp3) is 1.00. The molecule has 1 fully saturated rings. The van der Waals surface area contributed by atoms with Crippen molar-refractivity contribution >= 4 is 0 Å². The zero-order valence-electron chi connectivity index (χ0n) is 10.2. The van der Waals surface area contributed by atoms with Gasteiger partial charge in [-0.2, -0.15) is 0 Å². The predicted molar refractivity (Wildman–Crippen MR) is 64.0 cm³/mol. The second-order valence-electron chi connectivity index (χ2n) is 4.49. The highest BCUT2D eigenvalue weighted by atomic mass is 16.5. The molecule has 0 aromatic carbocycles. The summed E-state index contributed by atoms with van der Waals surface area (Å²) in [6.45, 7) is 5.14. The first-order valence-electron chi connectivity index (χ1n) is 6.28. The Morgan fingerprint density at radius 1 is 1.27 bits per heavy atom. The van der Waals surface area contributed by atoms with Crippen molar-refractivity contribution in [3.63, 3.8) is 0 Å². The smallest absolute Gasteiger partial charge is 0.0589 e. The summed E-state index contributed by atoms with van der Waals surface area (Å²) < 4.78 is 5.15. The molecule has 2 N–H and O–H groups in total. The summed E-state index contributed by atoms with van der Waals surface area (Å²) in [4.78, 5) is 2.49. The molecule has 2 atom stereocenters. The Morgan fingerprint density at radius 3 is 2.67 bits per heavy atom. The minimum atomic E-state index is 0.365. The average Bonchev–Trinajstić information content (AvgIpc) is 2.45. The maximum atomic E-state index is 6.24. The van der Waals surface area contributed by atoms with Crippen LogP contribution in [-0.2, 0) is 4.74 Å². The van der Waals surface area contributed by atoms with Gasteiger partial charge in [-0.1, -0.05) is 26.2 Å². The van der Waals surface area contributed by atoms with Crippen LogP contribution < -0.4 is 5.73 Å². The van der Waals surface area contributed by atoms with Crippen molar-refractivity contribution in [3.8, 4) is 0 Å². The molecule has 0 bridgehead atoms. The second kappa shape index (κ2) is 7.20. The molecule has 0 aromatic rings.